The summed E-state index contributed by atoms with van der Waals surface area (Å²) in [5, 5.41) is 11.8. The minimum Gasteiger partial charge on any atom is -0.339 e. The number of hydrogen-bond acceptors (Lipinski definition) is 4. The first-order valence-corrected chi connectivity index (χ1v) is 8.24. The molecule has 6 heteroatoms. The van der Waals surface area contributed by atoms with E-state index >= 15 is 0 Å². The van der Waals surface area contributed by atoms with Crippen LogP contribution in [-0.4, -0.2) is 33.8 Å². The monoisotopic (exact) mass is 309 g/mol. The first-order valence-electron chi connectivity index (χ1n) is 8.24. The Bertz CT molecular complexity index is 809. The number of benzene rings is 1. The Morgan fingerprint density at radius 1 is 1.26 bits per heavy atom. The molecule has 1 N–H and O–H groups in total. The largest absolute Gasteiger partial charge is 0.339 e. The first-order chi connectivity index (χ1) is 11.2. The third-order valence-corrected chi connectivity index (χ3v) is 5.51. The van der Waals surface area contributed by atoms with E-state index in [2.05, 4.69) is 31.0 Å². The van der Waals surface area contributed by atoms with E-state index in [1.165, 1.54) is 12.8 Å². The molecule has 1 unspecified atom stereocenters. The number of para-hydroxylation sites is 1. The van der Waals surface area contributed by atoms with Crippen LogP contribution in [-0.2, 0) is 17.3 Å². The number of anilines is 2. The van der Waals surface area contributed by atoms with E-state index < -0.39 is 5.41 Å². The molecule has 2 aliphatic heterocycles. The molecule has 3 aliphatic rings. The summed E-state index contributed by atoms with van der Waals surface area (Å²) in [6, 6.07) is 8.04. The van der Waals surface area contributed by atoms with Crippen molar-refractivity contribution in [1.82, 2.24) is 14.8 Å². The van der Waals surface area contributed by atoms with Gasteiger partial charge in [-0.15, -0.1) is 10.2 Å². The maximum Gasteiger partial charge on any atom is 0.236 e. The minimum absolute atomic E-state index is 0.116. The van der Waals surface area contributed by atoms with Gasteiger partial charge in [0.2, 0.25) is 11.9 Å². The molecular weight excluding hydrogens is 290 g/mol. The fourth-order valence-electron chi connectivity index (χ4n) is 4.06. The van der Waals surface area contributed by atoms with Gasteiger partial charge in [-0.1, -0.05) is 18.2 Å². The van der Waals surface area contributed by atoms with Crippen molar-refractivity contribution >= 4 is 17.5 Å². The van der Waals surface area contributed by atoms with Crippen LogP contribution >= 0.6 is 0 Å². The Kier molecular flexibility index (Phi) is 2.47. The molecule has 1 aromatic heterocycles. The fraction of sp³-hybridized carbons (Fsp3) is 0.471. The maximum absolute atomic E-state index is 12.7. The number of rotatable bonds is 2. The topological polar surface area (TPSA) is 63.1 Å². The summed E-state index contributed by atoms with van der Waals surface area (Å²) < 4.78 is 2.11. The summed E-state index contributed by atoms with van der Waals surface area (Å²) in [6.45, 7) is 1.50. The molecule has 118 valence electrons. The van der Waals surface area contributed by atoms with E-state index in [1.807, 2.05) is 25.2 Å². The molecule has 2 fully saturated rings. The highest BCUT2D eigenvalue weighted by molar-refractivity contribution is 6.07. The maximum atomic E-state index is 12.7. The van der Waals surface area contributed by atoms with Crippen LogP contribution in [0.2, 0.25) is 0 Å². The van der Waals surface area contributed by atoms with E-state index in [-0.39, 0.29) is 5.91 Å². The average Bonchev–Trinajstić information content (AvgIpc) is 3.08. The van der Waals surface area contributed by atoms with E-state index in [0.29, 0.717) is 12.5 Å². The highest BCUT2D eigenvalue weighted by Crippen LogP contribution is 2.45. The van der Waals surface area contributed by atoms with Gasteiger partial charge in [-0.2, -0.15) is 0 Å². The summed E-state index contributed by atoms with van der Waals surface area (Å²) in [7, 11) is 2.04. The van der Waals surface area contributed by atoms with Crippen molar-refractivity contribution in [3.05, 3.63) is 35.7 Å². The highest BCUT2D eigenvalue weighted by atomic mass is 16.2. The molecule has 0 bridgehead atoms. The minimum atomic E-state index is -0.442. The number of nitrogens with zero attached hydrogens (tertiary/aromatic N) is 4. The molecule has 1 spiro atoms. The van der Waals surface area contributed by atoms with Crippen LogP contribution in [0.1, 0.15) is 36.6 Å². The number of carbonyl (C=O) groups excluding carboxylic acids is 1. The van der Waals surface area contributed by atoms with Crippen LogP contribution in [0.25, 0.3) is 0 Å². The van der Waals surface area contributed by atoms with Crippen LogP contribution < -0.4 is 10.2 Å². The molecule has 1 saturated carbocycles. The van der Waals surface area contributed by atoms with E-state index in [0.717, 1.165) is 36.0 Å². The second-order valence-corrected chi connectivity index (χ2v) is 6.94. The lowest BCUT2D eigenvalue weighted by Crippen LogP contribution is -2.38. The predicted octanol–water partition coefficient (Wildman–Crippen LogP) is 1.79. The number of hydrogen-bond donors (Lipinski definition) is 1. The summed E-state index contributed by atoms with van der Waals surface area (Å²) in [5.74, 6) is 2.66. The Labute approximate surface area is 134 Å². The lowest BCUT2D eigenvalue weighted by atomic mass is 9.81. The second kappa shape index (κ2) is 4.34. The van der Waals surface area contributed by atoms with Gasteiger partial charge >= 0.3 is 0 Å². The molecule has 3 heterocycles. The highest BCUT2D eigenvalue weighted by Gasteiger charge is 2.51. The van der Waals surface area contributed by atoms with Crippen LogP contribution in [0.3, 0.4) is 0 Å². The van der Waals surface area contributed by atoms with Gasteiger partial charge in [-0.25, -0.2) is 0 Å². The third kappa shape index (κ3) is 1.72. The van der Waals surface area contributed by atoms with Crippen LogP contribution in [0, 0.1) is 0 Å². The van der Waals surface area contributed by atoms with Crippen molar-refractivity contribution in [3.8, 4) is 0 Å². The summed E-state index contributed by atoms with van der Waals surface area (Å²) in [4.78, 5) is 14.9. The molecule has 0 radical (unpaired) electrons. The zero-order valence-electron chi connectivity index (χ0n) is 13.1. The van der Waals surface area contributed by atoms with Crippen molar-refractivity contribution in [2.45, 2.75) is 30.6 Å². The number of carbonyl (C=O) groups is 1. The predicted molar refractivity (Wildman–Crippen MR) is 86.6 cm³/mol. The van der Waals surface area contributed by atoms with Gasteiger partial charge in [0, 0.05) is 31.7 Å². The molecular formula is C17H19N5O. The number of amides is 1. The SMILES string of the molecule is Cn1c(C2CC2)nnc1N1CCC2(C1)C(=O)Nc1ccccc12. The number of fused-ring (bicyclic) bond motifs is 2. The molecule has 5 rings (SSSR count). The Hall–Kier alpha value is -2.37. The van der Waals surface area contributed by atoms with Crippen molar-refractivity contribution < 1.29 is 4.79 Å². The van der Waals surface area contributed by atoms with Crippen LogP contribution in [0.5, 0.6) is 0 Å². The number of nitrogens with one attached hydrogen (secondary N) is 1. The van der Waals surface area contributed by atoms with Gasteiger partial charge in [0.25, 0.3) is 0 Å². The summed E-state index contributed by atoms with van der Waals surface area (Å²) >= 11 is 0. The molecule has 1 amide bonds. The summed E-state index contributed by atoms with van der Waals surface area (Å²) in [5.41, 5.74) is 1.63. The Morgan fingerprint density at radius 2 is 2.09 bits per heavy atom. The molecule has 6 nitrogen and oxygen atoms in total. The van der Waals surface area contributed by atoms with Gasteiger partial charge in [-0.3, -0.25) is 4.79 Å². The van der Waals surface area contributed by atoms with E-state index in [1.54, 1.807) is 0 Å². The Balaban J connectivity index is 1.50. The van der Waals surface area contributed by atoms with Gasteiger partial charge in [-0.05, 0) is 30.9 Å². The molecule has 23 heavy (non-hydrogen) atoms. The average molecular weight is 309 g/mol. The quantitative estimate of drug-likeness (QED) is 0.919. The zero-order valence-corrected chi connectivity index (χ0v) is 13.1. The second-order valence-electron chi connectivity index (χ2n) is 6.94. The van der Waals surface area contributed by atoms with E-state index in [9.17, 15) is 4.79 Å². The van der Waals surface area contributed by atoms with Gasteiger partial charge < -0.3 is 14.8 Å². The molecule has 1 aliphatic carbocycles. The van der Waals surface area contributed by atoms with Gasteiger partial charge in [0.1, 0.15) is 5.82 Å². The van der Waals surface area contributed by atoms with Crippen molar-refractivity contribution in [3.63, 3.8) is 0 Å². The summed E-state index contributed by atoms with van der Waals surface area (Å²) in [6.07, 6.45) is 3.25. The third-order valence-electron chi connectivity index (χ3n) is 5.51. The normalized spacial score (nSPS) is 26.0. The van der Waals surface area contributed by atoms with Crippen molar-refractivity contribution in [1.29, 1.82) is 0 Å². The molecule has 2 aromatic rings. The van der Waals surface area contributed by atoms with Crippen LogP contribution in [0.4, 0.5) is 11.6 Å². The smallest absolute Gasteiger partial charge is 0.236 e. The van der Waals surface area contributed by atoms with Gasteiger partial charge in [0.05, 0.1) is 5.41 Å². The molecule has 1 saturated heterocycles. The first kappa shape index (κ1) is 13.1. The molecule has 1 aromatic carbocycles. The van der Waals surface area contributed by atoms with Crippen molar-refractivity contribution in [2.75, 3.05) is 23.3 Å². The van der Waals surface area contributed by atoms with Crippen molar-refractivity contribution in [2.24, 2.45) is 7.05 Å². The lowest BCUT2D eigenvalue weighted by molar-refractivity contribution is -0.120. The van der Waals surface area contributed by atoms with Gasteiger partial charge in [0.15, 0.2) is 0 Å². The lowest BCUT2D eigenvalue weighted by Gasteiger charge is -2.22. The zero-order chi connectivity index (χ0) is 15.6. The fourth-order valence-corrected chi connectivity index (χ4v) is 4.06. The Morgan fingerprint density at radius 3 is 2.91 bits per heavy atom. The number of aromatic nitrogens is 3. The standard InChI is InChI=1S/C17H19N5O/c1-21-14(11-6-7-11)19-20-16(21)22-9-8-17(10-22)12-4-2-3-5-13(12)18-15(17)23/h2-5,11H,6-10H2,1H3,(H,18,23). The molecule has 1 atom stereocenters. The van der Waals surface area contributed by atoms with Crippen LogP contribution in [0.15, 0.2) is 24.3 Å². The van der Waals surface area contributed by atoms with E-state index in [4.69, 9.17) is 0 Å².